The summed E-state index contributed by atoms with van der Waals surface area (Å²) in [6.45, 7) is 17.1. The number of nitrogens with zero attached hydrogens (tertiary/aromatic N) is 2. The van der Waals surface area contributed by atoms with E-state index in [1.54, 1.807) is 30.2 Å². The van der Waals surface area contributed by atoms with Crippen LogP contribution in [0.15, 0.2) is 28.9 Å². The van der Waals surface area contributed by atoms with Crippen molar-refractivity contribution in [1.82, 2.24) is 31.0 Å². The van der Waals surface area contributed by atoms with E-state index >= 15 is 0 Å². The fraction of sp³-hybridized carbons (Fsp3) is 0.711. The highest BCUT2D eigenvalue weighted by atomic mass is 32.2. The lowest BCUT2D eigenvalue weighted by molar-refractivity contribution is -0.127. The lowest BCUT2D eigenvalue weighted by Crippen LogP contribution is -2.47. The number of thioether (sulfide) groups is 1. The Kier molecular flexibility index (Phi) is 22.6. The van der Waals surface area contributed by atoms with Gasteiger partial charge in [0.05, 0.1) is 43.2 Å². The second-order valence-electron chi connectivity index (χ2n) is 14.4. The average Bonchev–Trinajstić information content (AvgIpc) is 3.72. The summed E-state index contributed by atoms with van der Waals surface area (Å²) in [7, 11) is 1.84. The highest BCUT2D eigenvalue weighted by Crippen LogP contribution is 2.16. The first-order valence-electron chi connectivity index (χ1n) is 18.3. The minimum absolute atomic E-state index is 0.000964. The molecule has 2 amide bonds. The summed E-state index contributed by atoms with van der Waals surface area (Å²) in [6, 6.07) is 4.75. The van der Waals surface area contributed by atoms with Crippen LogP contribution in [0.5, 0.6) is 0 Å². The number of aryl methyl sites for hydroxylation is 3. The smallest absolute Gasteiger partial charge is 0.237 e. The van der Waals surface area contributed by atoms with Crippen LogP contribution in [0.25, 0.3) is 0 Å². The first kappa shape index (κ1) is 46.0. The molecule has 2 rings (SSSR count). The lowest BCUT2D eigenvalue weighted by atomic mass is 9.91. The Morgan fingerprint density at radius 2 is 1.69 bits per heavy atom. The standard InChI is InChI=1S/C23H41N3O4.C15H25N3O2S/c1-15(2)10-19(24-6)21(27)12-17(5)22(28)14-25-20(11-16(3)4)23(29)26-13-18-8-7-9-30-18;1-11(5-7-18-13(3)9-12(2)17-18)15(20)16-14(10-19)6-8-21-4/h7-9,15-17,19-21,24-25,27H,10-14H2,1-6H3,(H,26,29);9-11,14H,5-8H2,1-4H3,(H,16,20)/t17-,19+,20+,21+;11-,14+/m11/s1. The maximum absolute atomic E-state index is 12.6. The molecule has 0 bridgehead atoms. The van der Waals surface area contributed by atoms with Crippen molar-refractivity contribution in [2.75, 3.05) is 25.6 Å². The zero-order chi connectivity index (χ0) is 38.5. The third-order valence-corrected chi connectivity index (χ3v) is 9.36. The van der Waals surface area contributed by atoms with Gasteiger partial charge in [0.25, 0.3) is 0 Å². The van der Waals surface area contributed by atoms with E-state index < -0.39 is 12.1 Å². The molecule has 0 aliphatic carbocycles. The van der Waals surface area contributed by atoms with E-state index in [-0.39, 0.29) is 48.1 Å². The summed E-state index contributed by atoms with van der Waals surface area (Å²) < 4.78 is 7.17. The van der Waals surface area contributed by atoms with Gasteiger partial charge in [0, 0.05) is 30.1 Å². The van der Waals surface area contributed by atoms with E-state index in [1.807, 2.05) is 65.6 Å². The summed E-state index contributed by atoms with van der Waals surface area (Å²) in [6.07, 6.45) is 7.07. The van der Waals surface area contributed by atoms with Crippen LogP contribution < -0.4 is 21.3 Å². The summed E-state index contributed by atoms with van der Waals surface area (Å²) >= 11 is 1.67. The van der Waals surface area contributed by atoms with Gasteiger partial charge in [-0.25, -0.2) is 0 Å². The Morgan fingerprint density at radius 1 is 1.00 bits per heavy atom. The van der Waals surface area contributed by atoms with E-state index in [2.05, 4.69) is 40.2 Å². The number of likely N-dealkylation sites (N-methyl/N-ethyl adjacent to an activating group) is 1. The molecule has 0 fully saturated rings. The van der Waals surface area contributed by atoms with Crippen LogP contribution >= 0.6 is 11.8 Å². The minimum atomic E-state index is -0.584. The molecule has 0 saturated carbocycles. The van der Waals surface area contributed by atoms with E-state index in [0.717, 1.165) is 29.8 Å². The largest absolute Gasteiger partial charge is 0.467 e. The fourth-order valence-corrected chi connectivity index (χ4v) is 6.08. The number of aliphatic hydroxyl groups is 1. The van der Waals surface area contributed by atoms with Crippen molar-refractivity contribution >= 4 is 35.6 Å². The van der Waals surface area contributed by atoms with Gasteiger partial charge in [0.1, 0.15) is 17.8 Å². The number of aliphatic hydroxyl groups excluding tert-OH is 1. The van der Waals surface area contributed by atoms with Gasteiger partial charge in [-0.15, -0.1) is 0 Å². The molecule has 0 aromatic carbocycles. The monoisotopic (exact) mass is 734 g/mol. The number of carbonyl (C=O) groups is 4. The summed E-state index contributed by atoms with van der Waals surface area (Å²) in [4.78, 5) is 48.3. The SMILES string of the molecule is CN[C@@H](CC(C)C)[C@@H](O)C[C@@H](C)C(=O)CN[C@@H](CC(C)C)C(=O)NCc1ccco1.CSCC[C@@H](C=O)NC(=O)[C@H](C)CCn1nc(C)cc1C. The zero-order valence-corrected chi connectivity index (χ0v) is 33.5. The van der Waals surface area contributed by atoms with Gasteiger partial charge in [-0.3, -0.25) is 24.4 Å². The number of rotatable bonds is 24. The molecule has 12 nitrogen and oxygen atoms in total. The van der Waals surface area contributed by atoms with Crippen LogP contribution in [0.3, 0.4) is 0 Å². The van der Waals surface area contributed by atoms with Crippen LogP contribution in [0, 0.1) is 37.5 Å². The predicted octanol–water partition coefficient (Wildman–Crippen LogP) is 4.45. The van der Waals surface area contributed by atoms with E-state index in [0.29, 0.717) is 56.4 Å². The van der Waals surface area contributed by atoms with Gasteiger partial charge in [-0.2, -0.15) is 16.9 Å². The van der Waals surface area contributed by atoms with Crippen molar-refractivity contribution in [2.24, 2.45) is 23.7 Å². The molecule has 0 saturated heterocycles. The topological polar surface area (TPSA) is 168 Å². The molecular formula is C38H66N6O6S. The average molecular weight is 735 g/mol. The van der Waals surface area contributed by atoms with Gasteiger partial charge in [-0.05, 0) is 95.0 Å². The number of furan rings is 1. The first-order chi connectivity index (χ1) is 24.1. The number of ketones is 1. The second-order valence-corrected chi connectivity index (χ2v) is 15.4. The van der Waals surface area contributed by atoms with E-state index in [1.165, 1.54) is 0 Å². The Labute approximate surface area is 310 Å². The number of hydrogen-bond acceptors (Lipinski definition) is 10. The third-order valence-electron chi connectivity index (χ3n) is 8.72. The number of Topliss-reactive ketones (excluding diaryl/α,β-unsaturated/α-hetero) is 1. The van der Waals surface area contributed by atoms with Crippen molar-refractivity contribution in [3.63, 3.8) is 0 Å². The predicted molar refractivity (Wildman–Crippen MR) is 205 cm³/mol. The molecular weight excluding hydrogens is 669 g/mol. The number of carbonyl (C=O) groups excluding carboxylic acids is 4. The molecule has 6 atom stereocenters. The fourth-order valence-electron chi connectivity index (χ4n) is 5.59. The van der Waals surface area contributed by atoms with Crippen LogP contribution in [-0.4, -0.2) is 88.6 Å². The van der Waals surface area contributed by atoms with Gasteiger partial charge >= 0.3 is 0 Å². The molecule has 0 aliphatic heterocycles. The van der Waals surface area contributed by atoms with Gasteiger partial charge in [0.2, 0.25) is 11.8 Å². The van der Waals surface area contributed by atoms with Crippen molar-refractivity contribution in [3.8, 4) is 0 Å². The summed E-state index contributed by atoms with van der Waals surface area (Å²) in [5.74, 6) is 1.69. The Bertz CT molecular complexity index is 1280. The van der Waals surface area contributed by atoms with Crippen LogP contribution in [0.1, 0.15) is 90.8 Å². The van der Waals surface area contributed by atoms with Gasteiger partial charge in [0.15, 0.2) is 0 Å². The number of hydrogen-bond donors (Lipinski definition) is 5. The lowest BCUT2D eigenvalue weighted by Gasteiger charge is -2.26. The van der Waals surface area contributed by atoms with E-state index in [4.69, 9.17) is 4.42 Å². The number of amides is 2. The molecule has 2 aromatic heterocycles. The summed E-state index contributed by atoms with van der Waals surface area (Å²) in [5, 5.41) is 26.8. The molecule has 0 aliphatic rings. The number of aromatic nitrogens is 2. The zero-order valence-electron chi connectivity index (χ0n) is 32.7. The van der Waals surface area contributed by atoms with Gasteiger partial charge < -0.3 is 30.3 Å². The van der Waals surface area contributed by atoms with Crippen LogP contribution in [-0.2, 0) is 32.3 Å². The van der Waals surface area contributed by atoms with Crippen LogP contribution in [0.2, 0.25) is 0 Å². The quantitative estimate of drug-likeness (QED) is 0.0973. The molecule has 13 heteroatoms. The molecule has 0 unspecified atom stereocenters. The maximum Gasteiger partial charge on any atom is 0.237 e. The van der Waals surface area contributed by atoms with Crippen LogP contribution in [0.4, 0.5) is 0 Å². The molecule has 2 aromatic rings. The van der Waals surface area contributed by atoms with Crippen molar-refractivity contribution in [1.29, 1.82) is 0 Å². The molecule has 51 heavy (non-hydrogen) atoms. The van der Waals surface area contributed by atoms with Crippen molar-refractivity contribution in [3.05, 3.63) is 41.6 Å². The van der Waals surface area contributed by atoms with E-state index in [9.17, 15) is 24.3 Å². The minimum Gasteiger partial charge on any atom is -0.467 e. The Hall–Kier alpha value is -3.00. The molecule has 0 spiro atoms. The number of aldehydes is 1. The van der Waals surface area contributed by atoms with Crippen molar-refractivity contribution in [2.45, 2.75) is 125 Å². The Balaban J connectivity index is 0.000000543. The number of nitrogens with one attached hydrogen (secondary N) is 4. The summed E-state index contributed by atoms with van der Waals surface area (Å²) in [5.41, 5.74) is 2.09. The highest BCUT2D eigenvalue weighted by molar-refractivity contribution is 7.98. The highest BCUT2D eigenvalue weighted by Gasteiger charge is 2.26. The first-order valence-corrected chi connectivity index (χ1v) is 19.7. The normalized spacial score (nSPS) is 14.9. The van der Waals surface area contributed by atoms with Crippen molar-refractivity contribution < 1.29 is 28.7 Å². The Morgan fingerprint density at radius 3 is 2.22 bits per heavy atom. The second kappa shape index (κ2) is 25.1. The third kappa shape index (κ3) is 18.9. The molecule has 5 N–H and O–H groups in total. The molecule has 2 heterocycles. The van der Waals surface area contributed by atoms with Gasteiger partial charge in [-0.1, -0.05) is 41.5 Å². The molecule has 0 radical (unpaired) electrons. The molecule has 290 valence electrons. The maximum atomic E-state index is 12.6.